The molecule has 3 nitrogen and oxygen atoms in total. The number of pyridine rings is 1. The Morgan fingerprint density at radius 1 is 1.56 bits per heavy atom. The summed E-state index contributed by atoms with van der Waals surface area (Å²) in [7, 11) is 0. The molecular formula is C13H21N3. The maximum Gasteiger partial charge on any atom is 0.0312 e. The summed E-state index contributed by atoms with van der Waals surface area (Å²) in [6.07, 6.45) is 8.57. The highest BCUT2D eigenvalue weighted by atomic mass is 15.0. The number of aromatic nitrogens is 1. The molecule has 0 spiro atoms. The highest BCUT2D eigenvalue weighted by Crippen LogP contribution is 2.26. The summed E-state index contributed by atoms with van der Waals surface area (Å²) < 4.78 is 0. The van der Waals surface area contributed by atoms with Crippen LogP contribution in [0, 0.1) is 0 Å². The standard InChI is InChI=1S/C13H21N3/c1-13(14)7-3-2-6-12(13)16-10-11-5-4-8-15-9-11/h4-5,8-9,12,16H,2-3,6-7,10,14H2,1H3. The number of nitrogens with zero attached hydrogens (tertiary/aromatic N) is 1. The smallest absolute Gasteiger partial charge is 0.0312 e. The summed E-state index contributed by atoms with van der Waals surface area (Å²) in [5.74, 6) is 0. The monoisotopic (exact) mass is 219 g/mol. The van der Waals surface area contributed by atoms with Crippen molar-refractivity contribution in [2.75, 3.05) is 0 Å². The Morgan fingerprint density at radius 3 is 3.12 bits per heavy atom. The molecule has 0 radical (unpaired) electrons. The van der Waals surface area contributed by atoms with Gasteiger partial charge in [-0.1, -0.05) is 18.9 Å². The molecule has 0 amide bonds. The topological polar surface area (TPSA) is 50.9 Å². The summed E-state index contributed by atoms with van der Waals surface area (Å²) in [6.45, 7) is 3.03. The zero-order chi connectivity index (χ0) is 11.4. The lowest BCUT2D eigenvalue weighted by molar-refractivity contribution is 0.233. The van der Waals surface area contributed by atoms with E-state index in [1.807, 2.05) is 12.3 Å². The van der Waals surface area contributed by atoms with Gasteiger partial charge in [0.1, 0.15) is 0 Å². The Balaban J connectivity index is 1.90. The predicted octanol–water partition coefficient (Wildman–Crippen LogP) is 1.83. The fraction of sp³-hybridized carbons (Fsp3) is 0.615. The Labute approximate surface area is 97.5 Å². The van der Waals surface area contributed by atoms with Gasteiger partial charge in [0.05, 0.1) is 0 Å². The van der Waals surface area contributed by atoms with Crippen LogP contribution >= 0.6 is 0 Å². The zero-order valence-electron chi connectivity index (χ0n) is 9.95. The van der Waals surface area contributed by atoms with Crippen molar-refractivity contribution in [3.8, 4) is 0 Å². The molecule has 3 N–H and O–H groups in total. The van der Waals surface area contributed by atoms with Gasteiger partial charge in [-0.2, -0.15) is 0 Å². The van der Waals surface area contributed by atoms with E-state index in [0.717, 1.165) is 13.0 Å². The Morgan fingerprint density at radius 2 is 2.44 bits per heavy atom. The number of rotatable bonds is 3. The second-order valence-corrected chi connectivity index (χ2v) is 5.05. The average molecular weight is 219 g/mol. The lowest BCUT2D eigenvalue weighted by Crippen LogP contribution is -2.56. The molecule has 2 unspecified atom stereocenters. The van der Waals surface area contributed by atoms with Gasteiger partial charge in [0.25, 0.3) is 0 Å². The van der Waals surface area contributed by atoms with Gasteiger partial charge in [-0.05, 0) is 31.4 Å². The minimum atomic E-state index is -0.0551. The molecule has 3 heteroatoms. The molecule has 2 rings (SSSR count). The van der Waals surface area contributed by atoms with E-state index in [2.05, 4.69) is 23.3 Å². The van der Waals surface area contributed by atoms with Crippen LogP contribution in [-0.2, 0) is 6.54 Å². The summed E-state index contributed by atoms with van der Waals surface area (Å²) in [5.41, 5.74) is 7.48. The van der Waals surface area contributed by atoms with Crippen LogP contribution in [0.15, 0.2) is 24.5 Å². The maximum absolute atomic E-state index is 6.31. The van der Waals surface area contributed by atoms with Crippen molar-refractivity contribution in [2.24, 2.45) is 5.73 Å². The van der Waals surface area contributed by atoms with Gasteiger partial charge in [-0.15, -0.1) is 0 Å². The molecule has 88 valence electrons. The first-order valence-corrected chi connectivity index (χ1v) is 6.10. The van der Waals surface area contributed by atoms with Gasteiger partial charge in [-0.3, -0.25) is 4.98 Å². The van der Waals surface area contributed by atoms with Gasteiger partial charge >= 0.3 is 0 Å². The molecule has 0 bridgehead atoms. The minimum absolute atomic E-state index is 0.0551. The van der Waals surface area contributed by atoms with Crippen molar-refractivity contribution in [3.63, 3.8) is 0 Å². The molecular weight excluding hydrogens is 198 g/mol. The molecule has 1 aromatic rings. The van der Waals surface area contributed by atoms with Crippen molar-refractivity contribution in [3.05, 3.63) is 30.1 Å². The average Bonchev–Trinajstić information content (AvgIpc) is 2.28. The third-order valence-electron chi connectivity index (χ3n) is 3.53. The first kappa shape index (κ1) is 11.6. The SMILES string of the molecule is CC1(N)CCCCC1NCc1cccnc1. The number of nitrogens with two attached hydrogens (primary N) is 1. The predicted molar refractivity (Wildman–Crippen MR) is 65.9 cm³/mol. The van der Waals surface area contributed by atoms with E-state index in [1.165, 1.54) is 24.8 Å². The number of hydrogen-bond acceptors (Lipinski definition) is 3. The molecule has 1 fully saturated rings. The highest BCUT2D eigenvalue weighted by molar-refractivity contribution is 5.09. The zero-order valence-corrected chi connectivity index (χ0v) is 9.95. The Hall–Kier alpha value is -0.930. The molecule has 1 aliphatic carbocycles. The van der Waals surface area contributed by atoms with Crippen LogP contribution < -0.4 is 11.1 Å². The summed E-state index contributed by atoms with van der Waals surface area (Å²) in [4.78, 5) is 4.11. The van der Waals surface area contributed by atoms with E-state index in [4.69, 9.17) is 5.73 Å². The van der Waals surface area contributed by atoms with Gasteiger partial charge in [-0.25, -0.2) is 0 Å². The normalized spacial score (nSPS) is 30.2. The van der Waals surface area contributed by atoms with Crippen molar-refractivity contribution in [1.29, 1.82) is 0 Å². The van der Waals surface area contributed by atoms with E-state index in [-0.39, 0.29) is 5.54 Å². The first-order chi connectivity index (χ1) is 7.68. The molecule has 0 aliphatic heterocycles. The lowest BCUT2D eigenvalue weighted by Gasteiger charge is -2.39. The van der Waals surface area contributed by atoms with Crippen LogP contribution in [-0.4, -0.2) is 16.6 Å². The largest absolute Gasteiger partial charge is 0.324 e. The van der Waals surface area contributed by atoms with Gasteiger partial charge in [0.15, 0.2) is 0 Å². The Bertz CT molecular complexity index is 321. The van der Waals surface area contributed by atoms with Crippen LogP contribution in [0.1, 0.15) is 38.2 Å². The van der Waals surface area contributed by atoms with Crippen molar-refractivity contribution in [1.82, 2.24) is 10.3 Å². The third kappa shape index (κ3) is 2.80. The molecule has 1 aliphatic rings. The molecule has 1 heterocycles. The number of hydrogen-bond donors (Lipinski definition) is 2. The summed E-state index contributed by atoms with van der Waals surface area (Å²) in [6, 6.07) is 4.50. The van der Waals surface area contributed by atoms with Crippen molar-refractivity contribution in [2.45, 2.75) is 50.7 Å². The molecule has 0 saturated heterocycles. The molecule has 1 saturated carbocycles. The number of nitrogens with one attached hydrogen (secondary N) is 1. The quantitative estimate of drug-likeness (QED) is 0.815. The van der Waals surface area contributed by atoms with Gasteiger partial charge in [0.2, 0.25) is 0 Å². The first-order valence-electron chi connectivity index (χ1n) is 6.10. The van der Waals surface area contributed by atoms with E-state index in [1.54, 1.807) is 6.20 Å². The summed E-state index contributed by atoms with van der Waals surface area (Å²) >= 11 is 0. The van der Waals surface area contributed by atoms with E-state index in [0.29, 0.717) is 6.04 Å². The second-order valence-electron chi connectivity index (χ2n) is 5.05. The lowest BCUT2D eigenvalue weighted by atomic mass is 9.79. The van der Waals surface area contributed by atoms with Crippen molar-refractivity contribution < 1.29 is 0 Å². The highest BCUT2D eigenvalue weighted by Gasteiger charge is 2.32. The van der Waals surface area contributed by atoms with Crippen molar-refractivity contribution >= 4 is 0 Å². The van der Waals surface area contributed by atoms with Crippen LogP contribution in [0.2, 0.25) is 0 Å². The van der Waals surface area contributed by atoms with E-state index in [9.17, 15) is 0 Å². The Kier molecular flexibility index (Phi) is 3.56. The molecule has 1 aromatic heterocycles. The molecule has 0 aromatic carbocycles. The minimum Gasteiger partial charge on any atom is -0.324 e. The van der Waals surface area contributed by atoms with E-state index >= 15 is 0 Å². The summed E-state index contributed by atoms with van der Waals surface area (Å²) in [5, 5.41) is 3.56. The van der Waals surface area contributed by atoms with Crippen LogP contribution in [0.5, 0.6) is 0 Å². The van der Waals surface area contributed by atoms with Crippen LogP contribution in [0.4, 0.5) is 0 Å². The molecule has 2 atom stereocenters. The van der Waals surface area contributed by atoms with Gasteiger partial charge < -0.3 is 11.1 Å². The third-order valence-corrected chi connectivity index (χ3v) is 3.53. The molecule has 16 heavy (non-hydrogen) atoms. The van der Waals surface area contributed by atoms with E-state index < -0.39 is 0 Å². The van der Waals surface area contributed by atoms with Crippen LogP contribution in [0.3, 0.4) is 0 Å². The fourth-order valence-corrected chi connectivity index (χ4v) is 2.44. The van der Waals surface area contributed by atoms with Crippen LogP contribution in [0.25, 0.3) is 0 Å². The maximum atomic E-state index is 6.31. The van der Waals surface area contributed by atoms with Gasteiger partial charge in [0, 0.05) is 30.5 Å². The fourth-order valence-electron chi connectivity index (χ4n) is 2.44. The second kappa shape index (κ2) is 4.93.